The van der Waals surface area contributed by atoms with E-state index in [0.29, 0.717) is 5.56 Å². The van der Waals surface area contributed by atoms with Crippen LogP contribution in [-0.2, 0) is 0 Å². The molecule has 2 nitrogen and oxygen atoms in total. The van der Waals surface area contributed by atoms with Gasteiger partial charge in [0.1, 0.15) is 0 Å². The van der Waals surface area contributed by atoms with Crippen molar-refractivity contribution in [2.75, 3.05) is 5.94 Å². The molecule has 64 valence electrons. The van der Waals surface area contributed by atoms with Crippen molar-refractivity contribution < 1.29 is 9.90 Å². The highest BCUT2D eigenvalue weighted by Crippen LogP contribution is 2.14. The van der Waals surface area contributed by atoms with Crippen LogP contribution in [0.5, 0.6) is 0 Å². The van der Waals surface area contributed by atoms with Gasteiger partial charge in [-0.15, -0.1) is 0 Å². The van der Waals surface area contributed by atoms with Crippen LogP contribution in [-0.4, -0.2) is 16.2 Å². The van der Waals surface area contributed by atoms with E-state index in [4.69, 9.17) is 5.11 Å². The smallest absolute Gasteiger partial charge is 0.221 e. The van der Waals surface area contributed by atoms with Crippen molar-refractivity contribution in [2.45, 2.75) is 6.92 Å². The SMILES string of the molecule is Cc1ccccc1C(=O)SCO. The summed E-state index contributed by atoms with van der Waals surface area (Å²) < 4.78 is 0. The molecular weight excluding hydrogens is 172 g/mol. The van der Waals surface area contributed by atoms with Crippen LogP contribution in [0, 0.1) is 6.92 Å². The lowest BCUT2D eigenvalue weighted by atomic mass is 10.1. The van der Waals surface area contributed by atoms with Crippen molar-refractivity contribution in [1.29, 1.82) is 0 Å². The highest BCUT2D eigenvalue weighted by atomic mass is 32.2. The van der Waals surface area contributed by atoms with E-state index in [2.05, 4.69) is 0 Å². The summed E-state index contributed by atoms with van der Waals surface area (Å²) in [6.45, 7) is 1.88. The van der Waals surface area contributed by atoms with Crippen LogP contribution in [0.25, 0.3) is 0 Å². The molecule has 0 saturated carbocycles. The fourth-order valence-electron chi connectivity index (χ4n) is 0.938. The zero-order chi connectivity index (χ0) is 8.97. The van der Waals surface area contributed by atoms with Crippen molar-refractivity contribution in [3.63, 3.8) is 0 Å². The van der Waals surface area contributed by atoms with E-state index in [0.717, 1.165) is 17.3 Å². The molecule has 0 saturated heterocycles. The monoisotopic (exact) mass is 182 g/mol. The fraction of sp³-hybridized carbons (Fsp3) is 0.222. The molecule has 0 aliphatic rings. The van der Waals surface area contributed by atoms with E-state index in [9.17, 15) is 4.79 Å². The van der Waals surface area contributed by atoms with Crippen molar-refractivity contribution in [2.24, 2.45) is 0 Å². The summed E-state index contributed by atoms with van der Waals surface area (Å²) in [5.41, 5.74) is 1.63. The Morgan fingerprint density at radius 2 is 2.17 bits per heavy atom. The Hall–Kier alpha value is -0.800. The first-order valence-electron chi connectivity index (χ1n) is 3.59. The second-order valence-electron chi connectivity index (χ2n) is 2.38. The van der Waals surface area contributed by atoms with Gasteiger partial charge < -0.3 is 5.11 Å². The van der Waals surface area contributed by atoms with Crippen LogP contribution in [0.15, 0.2) is 24.3 Å². The molecule has 0 bridgehead atoms. The Labute approximate surface area is 75.6 Å². The molecule has 0 atom stereocenters. The maximum atomic E-state index is 11.3. The van der Waals surface area contributed by atoms with Gasteiger partial charge >= 0.3 is 0 Å². The third kappa shape index (κ3) is 2.09. The predicted octanol–water partition coefficient (Wildman–Crippen LogP) is 1.82. The first-order chi connectivity index (χ1) is 5.75. The molecule has 1 aromatic rings. The summed E-state index contributed by atoms with van der Waals surface area (Å²) in [5, 5.41) is 8.46. The molecule has 12 heavy (non-hydrogen) atoms. The van der Waals surface area contributed by atoms with Gasteiger partial charge in [0.05, 0.1) is 5.94 Å². The van der Waals surface area contributed by atoms with E-state index >= 15 is 0 Å². The van der Waals surface area contributed by atoms with E-state index in [1.54, 1.807) is 6.07 Å². The van der Waals surface area contributed by atoms with Crippen LogP contribution in [0.1, 0.15) is 15.9 Å². The lowest BCUT2D eigenvalue weighted by Gasteiger charge is -2.01. The topological polar surface area (TPSA) is 37.3 Å². The number of aliphatic hydroxyl groups excluding tert-OH is 1. The van der Waals surface area contributed by atoms with Crippen molar-refractivity contribution in [3.05, 3.63) is 35.4 Å². The first kappa shape index (κ1) is 9.29. The summed E-state index contributed by atoms with van der Waals surface area (Å²) in [7, 11) is 0. The average molecular weight is 182 g/mol. The summed E-state index contributed by atoms with van der Waals surface area (Å²) >= 11 is 0.915. The average Bonchev–Trinajstić information content (AvgIpc) is 2.05. The quantitative estimate of drug-likeness (QED) is 0.709. The summed E-state index contributed by atoms with van der Waals surface area (Å²) in [6.07, 6.45) is 0. The molecule has 0 amide bonds. The number of rotatable bonds is 2. The molecule has 0 aromatic heterocycles. The van der Waals surface area contributed by atoms with E-state index < -0.39 is 0 Å². The molecular formula is C9H10O2S. The lowest BCUT2D eigenvalue weighted by molar-refractivity contribution is 0.108. The number of thioether (sulfide) groups is 1. The van der Waals surface area contributed by atoms with Gasteiger partial charge in [-0.25, -0.2) is 0 Å². The molecule has 1 N–H and O–H groups in total. The molecule has 1 rings (SSSR count). The molecule has 0 fully saturated rings. The van der Waals surface area contributed by atoms with Crippen LogP contribution in [0.3, 0.4) is 0 Å². The Morgan fingerprint density at radius 3 is 2.75 bits per heavy atom. The molecule has 0 spiro atoms. The zero-order valence-corrected chi connectivity index (χ0v) is 7.60. The Kier molecular flexibility index (Phi) is 3.31. The Balaban J connectivity index is 2.87. The minimum atomic E-state index is -0.160. The largest absolute Gasteiger partial charge is 0.385 e. The number of carbonyl (C=O) groups is 1. The van der Waals surface area contributed by atoms with Crippen molar-refractivity contribution in [3.8, 4) is 0 Å². The summed E-state index contributed by atoms with van der Waals surface area (Å²) in [5.74, 6) is -0.160. The minimum Gasteiger partial charge on any atom is -0.385 e. The molecule has 0 heterocycles. The molecule has 0 aliphatic heterocycles. The van der Waals surface area contributed by atoms with Crippen LogP contribution >= 0.6 is 11.8 Å². The second-order valence-corrected chi connectivity index (χ2v) is 3.29. The third-order valence-corrected chi connectivity index (χ3v) is 2.17. The fourth-order valence-corrected chi connectivity index (χ4v) is 1.44. The Morgan fingerprint density at radius 1 is 1.50 bits per heavy atom. The van der Waals surface area contributed by atoms with Gasteiger partial charge in [-0.2, -0.15) is 0 Å². The third-order valence-electron chi connectivity index (χ3n) is 1.56. The molecule has 3 heteroatoms. The van der Waals surface area contributed by atoms with Crippen LogP contribution < -0.4 is 0 Å². The van der Waals surface area contributed by atoms with Gasteiger partial charge in [-0.05, 0) is 12.5 Å². The minimum absolute atomic E-state index is 0.0735. The van der Waals surface area contributed by atoms with Crippen molar-refractivity contribution in [1.82, 2.24) is 0 Å². The molecule has 0 aliphatic carbocycles. The van der Waals surface area contributed by atoms with E-state index in [-0.39, 0.29) is 11.1 Å². The molecule has 0 unspecified atom stereocenters. The van der Waals surface area contributed by atoms with Gasteiger partial charge in [-0.1, -0.05) is 36.0 Å². The zero-order valence-electron chi connectivity index (χ0n) is 6.78. The predicted molar refractivity (Wildman–Crippen MR) is 50.2 cm³/mol. The van der Waals surface area contributed by atoms with E-state index in [1.807, 2.05) is 25.1 Å². The molecule has 1 aromatic carbocycles. The number of hydrogen-bond acceptors (Lipinski definition) is 3. The van der Waals surface area contributed by atoms with Gasteiger partial charge in [0.25, 0.3) is 0 Å². The van der Waals surface area contributed by atoms with Gasteiger partial charge in [0, 0.05) is 5.56 Å². The van der Waals surface area contributed by atoms with Crippen molar-refractivity contribution >= 4 is 16.9 Å². The van der Waals surface area contributed by atoms with Gasteiger partial charge in [0.15, 0.2) is 0 Å². The highest BCUT2D eigenvalue weighted by Gasteiger charge is 2.06. The van der Waals surface area contributed by atoms with Gasteiger partial charge in [0.2, 0.25) is 5.12 Å². The standard InChI is InChI=1S/C9H10O2S/c1-7-4-2-3-5-8(7)9(11)12-6-10/h2-5,10H,6H2,1H3. The van der Waals surface area contributed by atoms with E-state index in [1.165, 1.54) is 0 Å². The van der Waals surface area contributed by atoms with Crippen LogP contribution in [0.4, 0.5) is 0 Å². The Bertz CT molecular complexity index is 284. The number of benzene rings is 1. The highest BCUT2D eigenvalue weighted by molar-refractivity contribution is 8.14. The second kappa shape index (κ2) is 4.28. The normalized spacial score (nSPS) is 9.83. The maximum absolute atomic E-state index is 11.3. The van der Waals surface area contributed by atoms with Crippen LogP contribution in [0.2, 0.25) is 0 Å². The summed E-state index contributed by atoms with van der Waals surface area (Å²) in [4.78, 5) is 11.3. The molecule has 0 radical (unpaired) electrons. The number of carbonyl (C=O) groups excluding carboxylic acids is 1. The van der Waals surface area contributed by atoms with Gasteiger partial charge in [-0.3, -0.25) is 4.79 Å². The maximum Gasteiger partial charge on any atom is 0.221 e. The lowest BCUT2D eigenvalue weighted by Crippen LogP contribution is -1.97. The number of aliphatic hydroxyl groups is 1. The summed E-state index contributed by atoms with van der Waals surface area (Å²) in [6, 6.07) is 7.35. The number of hydrogen-bond donors (Lipinski definition) is 1. The number of aryl methyl sites for hydroxylation is 1. The first-order valence-corrected chi connectivity index (χ1v) is 4.58.